The van der Waals surface area contributed by atoms with Crippen LogP contribution in [0.5, 0.6) is 0 Å². The molecule has 0 aromatic rings. The maximum Gasteiger partial charge on any atom is 0.236 e. The lowest BCUT2D eigenvalue weighted by Gasteiger charge is -2.28. The molecule has 0 radical (unpaired) electrons. The molecule has 1 N–H and O–H groups in total. The standard InChI is InChI=1S/C13H25N3O2/c1-11(15(2)12-3-4-12)9-14-10-13(17)16-5-7-18-8-6-16/h11-12,14H,3-10H2,1-2H3. The number of rotatable bonds is 6. The molecule has 1 amide bonds. The van der Waals surface area contributed by atoms with Crippen LogP contribution in [0.25, 0.3) is 0 Å². The van der Waals surface area contributed by atoms with E-state index in [-0.39, 0.29) is 5.91 Å². The Bertz CT molecular complexity index is 275. The van der Waals surface area contributed by atoms with E-state index in [1.54, 1.807) is 0 Å². The number of nitrogens with zero attached hydrogens (tertiary/aromatic N) is 2. The fourth-order valence-electron chi connectivity index (χ4n) is 2.30. The first kappa shape index (κ1) is 13.8. The summed E-state index contributed by atoms with van der Waals surface area (Å²) in [6.45, 7) is 6.35. The molecule has 2 rings (SSSR count). The van der Waals surface area contributed by atoms with E-state index in [0.29, 0.717) is 25.8 Å². The van der Waals surface area contributed by atoms with Crippen molar-refractivity contribution in [2.75, 3.05) is 46.4 Å². The second-order valence-electron chi connectivity index (χ2n) is 5.37. The lowest BCUT2D eigenvalue weighted by Crippen LogP contribution is -2.47. The molecule has 0 spiro atoms. The number of morpholine rings is 1. The molecule has 0 aromatic heterocycles. The minimum absolute atomic E-state index is 0.194. The van der Waals surface area contributed by atoms with Gasteiger partial charge in [-0.25, -0.2) is 0 Å². The summed E-state index contributed by atoms with van der Waals surface area (Å²) in [5, 5.41) is 3.27. The van der Waals surface area contributed by atoms with E-state index in [1.807, 2.05) is 4.90 Å². The summed E-state index contributed by atoms with van der Waals surface area (Å²) in [4.78, 5) is 16.2. The van der Waals surface area contributed by atoms with Gasteiger partial charge in [0.25, 0.3) is 0 Å². The molecule has 5 nitrogen and oxygen atoms in total. The lowest BCUT2D eigenvalue weighted by molar-refractivity contribution is -0.134. The van der Waals surface area contributed by atoms with E-state index >= 15 is 0 Å². The normalized spacial score (nSPS) is 22.3. The summed E-state index contributed by atoms with van der Waals surface area (Å²) in [5.74, 6) is 0.194. The first-order chi connectivity index (χ1) is 8.68. The van der Waals surface area contributed by atoms with Gasteiger partial charge in [-0.05, 0) is 26.8 Å². The summed E-state index contributed by atoms with van der Waals surface area (Å²) in [6, 6.07) is 1.27. The average Bonchev–Trinajstić information content (AvgIpc) is 3.23. The number of nitrogens with one attached hydrogen (secondary N) is 1. The van der Waals surface area contributed by atoms with Gasteiger partial charge in [-0.1, -0.05) is 0 Å². The zero-order valence-corrected chi connectivity index (χ0v) is 11.5. The van der Waals surface area contributed by atoms with Crippen LogP contribution in [-0.2, 0) is 9.53 Å². The van der Waals surface area contributed by atoms with Crippen LogP contribution in [0.4, 0.5) is 0 Å². The molecular formula is C13H25N3O2. The predicted molar refractivity (Wildman–Crippen MR) is 70.5 cm³/mol. The monoisotopic (exact) mass is 255 g/mol. The van der Waals surface area contributed by atoms with Gasteiger partial charge in [-0.3, -0.25) is 9.69 Å². The lowest BCUT2D eigenvalue weighted by atomic mass is 10.3. The molecule has 1 heterocycles. The number of hydrogen-bond acceptors (Lipinski definition) is 4. The van der Waals surface area contributed by atoms with Crippen molar-refractivity contribution in [3.8, 4) is 0 Å². The molecule has 1 aliphatic carbocycles. The van der Waals surface area contributed by atoms with Gasteiger partial charge in [0, 0.05) is 31.7 Å². The smallest absolute Gasteiger partial charge is 0.236 e. The molecule has 1 atom stereocenters. The molecule has 2 aliphatic rings. The summed E-state index contributed by atoms with van der Waals surface area (Å²) in [5.41, 5.74) is 0. The third-order valence-corrected chi connectivity index (χ3v) is 3.90. The van der Waals surface area contributed by atoms with E-state index in [4.69, 9.17) is 4.74 Å². The van der Waals surface area contributed by atoms with Crippen LogP contribution in [0.1, 0.15) is 19.8 Å². The van der Waals surface area contributed by atoms with Crippen molar-refractivity contribution in [2.24, 2.45) is 0 Å². The molecule has 5 heteroatoms. The van der Waals surface area contributed by atoms with Crippen molar-refractivity contribution in [1.29, 1.82) is 0 Å². The first-order valence-corrected chi connectivity index (χ1v) is 6.96. The van der Waals surface area contributed by atoms with Gasteiger partial charge < -0.3 is 15.0 Å². The Morgan fingerprint density at radius 2 is 2.11 bits per heavy atom. The highest BCUT2D eigenvalue weighted by Crippen LogP contribution is 2.26. The van der Waals surface area contributed by atoms with E-state index in [0.717, 1.165) is 25.7 Å². The highest BCUT2D eigenvalue weighted by Gasteiger charge is 2.28. The third-order valence-electron chi connectivity index (χ3n) is 3.90. The Labute approximate surface area is 109 Å². The average molecular weight is 255 g/mol. The van der Waals surface area contributed by atoms with Crippen LogP contribution in [0.2, 0.25) is 0 Å². The van der Waals surface area contributed by atoms with Crippen molar-refractivity contribution in [3.63, 3.8) is 0 Å². The molecule has 2 fully saturated rings. The predicted octanol–water partition coefficient (Wildman–Crippen LogP) is -0.0825. The number of carbonyl (C=O) groups is 1. The molecule has 1 unspecified atom stereocenters. The quantitative estimate of drug-likeness (QED) is 0.721. The summed E-state index contributed by atoms with van der Waals surface area (Å²) >= 11 is 0. The number of amides is 1. The van der Waals surface area contributed by atoms with Crippen molar-refractivity contribution in [2.45, 2.75) is 31.8 Å². The number of ether oxygens (including phenoxy) is 1. The van der Waals surface area contributed by atoms with Gasteiger partial charge in [0.1, 0.15) is 0 Å². The Morgan fingerprint density at radius 1 is 1.44 bits per heavy atom. The molecule has 1 saturated carbocycles. The minimum Gasteiger partial charge on any atom is -0.378 e. The maximum atomic E-state index is 11.9. The topological polar surface area (TPSA) is 44.8 Å². The van der Waals surface area contributed by atoms with E-state index in [9.17, 15) is 4.79 Å². The maximum absolute atomic E-state index is 11.9. The molecular weight excluding hydrogens is 230 g/mol. The van der Waals surface area contributed by atoms with Crippen LogP contribution >= 0.6 is 0 Å². The van der Waals surface area contributed by atoms with Crippen molar-refractivity contribution < 1.29 is 9.53 Å². The van der Waals surface area contributed by atoms with Gasteiger partial charge in [0.2, 0.25) is 5.91 Å². The van der Waals surface area contributed by atoms with Crippen LogP contribution < -0.4 is 5.32 Å². The Morgan fingerprint density at radius 3 is 2.72 bits per heavy atom. The van der Waals surface area contributed by atoms with Crippen molar-refractivity contribution in [1.82, 2.24) is 15.1 Å². The summed E-state index contributed by atoms with van der Waals surface area (Å²) in [6.07, 6.45) is 2.65. The van der Waals surface area contributed by atoms with E-state index < -0.39 is 0 Å². The van der Waals surface area contributed by atoms with Crippen LogP contribution in [0.15, 0.2) is 0 Å². The molecule has 1 aliphatic heterocycles. The zero-order valence-electron chi connectivity index (χ0n) is 11.5. The molecule has 18 heavy (non-hydrogen) atoms. The van der Waals surface area contributed by atoms with Crippen LogP contribution in [0.3, 0.4) is 0 Å². The van der Waals surface area contributed by atoms with Gasteiger partial charge in [0.15, 0.2) is 0 Å². The Kier molecular flexibility index (Phi) is 4.97. The van der Waals surface area contributed by atoms with Gasteiger partial charge in [-0.15, -0.1) is 0 Å². The van der Waals surface area contributed by atoms with Crippen molar-refractivity contribution in [3.05, 3.63) is 0 Å². The second-order valence-corrected chi connectivity index (χ2v) is 5.37. The SMILES string of the molecule is CC(CNCC(=O)N1CCOCC1)N(C)C1CC1. The Hall–Kier alpha value is -0.650. The minimum atomic E-state index is 0.194. The van der Waals surface area contributed by atoms with Crippen LogP contribution in [0, 0.1) is 0 Å². The molecule has 1 saturated heterocycles. The number of carbonyl (C=O) groups excluding carboxylic acids is 1. The largest absolute Gasteiger partial charge is 0.378 e. The van der Waals surface area contributed by atoms with Gasteiger partial charge in [0.05, 0.1) is 19.8 Å². The fraction of sp³-hybridized carbons (Fsp3) is 0.923. The second kappa shape index (κ2) is 6.50. The number of likely N-dealkylation sites (N-methyl/N-ethyl adjacent to an activating group) is 1. The van der Waals surface area contributed by atoms with E-state index in [1.165, 1.54) is 12.8 Å². The molecule has 0 bridgehead atoms. The fourth-order valence-corrected chi connectivity index (χ4v) is 2.30. The first-order valence-electron chi connectivity index (χ1n) is 6.96. The summed E-state index contributed by atoms with van der Waals surface area (Å²) < 4.78 is 5.24. The molecule has 0 aromatic carbocycles. The van der Waals surface area contributed by atoms with E-state index in [2.05, 4.69) is 24.2 Å². The highest BCUT2D eigenvalue weighted by molar-refractivity contribution is 5.78. The van der Waals surface area contributed by atoms with Gasteiger partial charge >= 0.3 is 0 Å². The number of hydrogen-bond donors (Lipinski definition) is 1. The Balaban J connectivity index is 1.60. The zero-order chi connectivity index (χ0) is 13.0. The molecule has 104 valence electrons. The van der Waals surface area contributed by atoms with Gasteiger partial charge in [-0.2, -0.15) is 0 Å². The van der Waals surface area contributed by atoms with Crippen LogP contribution in [-0.4, -0.2) is 74.2 Å². The highest BCUT2D eigenvalue weighted by atomic mass is 16.5. The van der Waals surface area contributed by atoms with Crippen molar-refractivity contribution >= 4 is 5.91 Å². The summed E-state index contributed by atoms with van der Waals surface area (Å²) in [7, 11) is 2.17. The third kappa shape index (κ3) is 3.93.